The largest absolute Gasteiger partial charge is 0.445 e. The summed E-state index contributed by atoms with van der Waals surface area (Å²) in [4.78, 5) is 42.8. The van der Waals surface area contributed by atoms with Crippen LogP contribution in [0.1, 0.15) is 37.1 Å². The van der Waals surface area contributed by atoms with Gasteiger partial charge in [-0.15, -0.1) is 0 Å². The lowest BCUT2D eigenvalue weighted by atomic mass is 9.94. The summed E-state index contributed by atoms with van der Waals surface area (Å²) in [6.45, 7) is 3.38. The van der Waals surface area contributed by atoms with Crippen LogP contribution >= 0.6 is 0 Å². The van der Waals surface area contributed by atoms with Gasteiger partial charge in [-0.05, 0) is 42.0 Å². The van der Waals surface area contributed by atoms with Crippen molar-refractivity contribution in [2.75, 3.05) is 0 Å². The fourth-order valence-corrected chi connectivity index (χ4v) is 3.96. The number of Topliss-reactive ketones (excluding diaryl/α,β-unsaturated/α-hetero) is 1. The van der Waals surface area contributed by atoms with Crippen molar-refractivity contribution in [1.29, 1.82) is 0 Å². The van der Waals surface area contributed by atoms with E-state index in [4.69, 9.17) is 4.74 Å². The van der Waals surface area contributed by atoms with Crippen LogP contribution in [0.3, 0.4) is 0 Å². The number of carbonyl (C=O) groups excluding carboxylic acids is 3. The summed E-state index contributed by atoms with van der Waals surface area (Å²) in [6, 6.07) is 19.9. The number of aromatic nitrogens is 1. The van der Waals surface area contributed by atoms with Gasteiger partial charge in [-0.1, -0.05) is 80.6 Å². The van der Waals surface area contributed by atoms with Gasteiger partial charge < -0.3 is 15.4 Å². The van der Waals surface area contributed by atoms with E-state index in [0.717, 1.165) is 5.56 Å². The molecule has 0 saturated carbocycles. The maximum atomic E-state index is 15.1. The summed E-state index contributed by atoms with van der Waals surface area (Å²) in [5, 5.41) is 4.98. The number of pyridine rings is 1. The van der Waals surface area contributed by atoms with E-state index >= 15 is 8.78 Å². The molecule has 9 heteroatoms. The lowest BCUT2D eigenvalue weighted by Gasteiger charge is -2.27. The molecule has 2 aromatic carbocycles. The molecule has 0 unspecified atom stereocenters. The second-order valence-corrected chi connectivity index (χ2v) is 9.57. The van der Waals surface area contributed by atoms with Gasteiger partial charge in [0.05, 0.1) is 6.04 Å². The van der Waals surface area contributed by atoms with Crippen LogP contribution in [0.4, 0.5) is 13.6 Å². The molecular formula is C30H33F2N3O4. The quantitative estimate of drug-likeness (QED) is 0.323. The fraction of sp³-hybridized carbons (Fsp3) is 0.333. The number of hydrogen-bond acceptors (Lipinski definition) is 5. The highest BCUT2D eigenvalue weighted by atomic mass is 19.3. The third kappa shape index (κ3) is 9.28. The molecule has 7 nitrogen and oxygen atoms in total. The number of amides is 2. The first-order valence-electron chi connectivity index (χ1n) is 12.8. The number of alkyl carbamates (subject to hydrolysis) is 1. The van der Waals surface area contributed by atoms with Gasteiger partial charge in [-0.25, -0.2) is 4.79 Å². The van der Waals surface area contributed by atoms with Crippen LogP contribution in [0.2, 0.25) is 0 Å². The Hall–Kier alpha value is -4.14. The van der Waals surface area contributed by atoms with Crippen molar-refractivity contribution >= 4 is 17.8 Å². The van der Waals surface area contributed by atoms with Crippen molar-refractivity contribution in [2.45, 2.75) is 57.7 Å². The normalized spacial score (nSPS) is 12.8. The van der Waals surface area contributed by atoms with E-state index in [1.165, 1.54) is 6.20 Å². The van der Waals surface area contributed by atoms with Crippen LogP contribution in [0.5, 0.6) is 0 Å². The molecule has 39 heavy (non-hydrogen) atoms. The summed E-state index contributed by atoms with van der Waals surface area (Å²) in [7, 11) is 0. The average molecular weight is 538 g/mol. The SMILES string of the molecule is CC(C)[C@H](NC(=O)OCc1ccccc1)C(=O)N[C@@H](Cc1ccccc1)C(=O)C(F)(F)CCc1ccccn1. The Bertz CT molecular complexity index is 1210. The number of halogens is 2. The van der Waals surface area contributed by atoms with Gasteiger partial charge in [-0.3, -0.25) is 14.6 Å². The number of benzene rings is 2. The first-order valence-corrected chi connectivity index (χ1v) is 12.8. The van der Waals surface area contributed by atoms with E-state index in [9.17, 15) is 14.4 Å². The molecule has 0 aliphatic carbocycles. The molecule has 0 aliphatic heterocycles. The van der Waals surface area contributed by atoms with Crippen LogP contribution in [-0.2, 0) is 33.8 Å². The number of aryl methyl sites for hydroxylation is 1. The lowest BCUT2D eigenvalue weighted by molar-refractivity contribution is -0.148. The molecule has 3 rings (SSSR count). The molecule has 0 fully saturated rings. The number of nitrogens with one attached hydrogen (secondary N) is 2. The summed E-state index contributed by atoms with van der Waals surface area (Å²) in [5.74, 6) is -6.27. The summed E-state index contributed by atoms with van der Waals surface area (Å²) < 4.78 is 35.5. The second-order valence-electron chi connectivity index (χ2n) is 9.57. The van der Waals surface area contributed by atoms with Crippen molar-refractivity contribution < 1.29 is 27.9 Å². The molecule has 0 spiro atoms. The Balaban J connectivity index is 1.71. The molecule has 0 saturated heterocycles. The van der Waals surface area contributed by atoms with E-state index in [1.807, 2.05) is 6.07 Å². The second kappa shape index (κ2) is 14.1. The Morgan fingerprint density at radius 1 is 0.872 bits per heavy atom. The minimum Gasteiger partial charge on any atom is -0.445 e. The van der Waals surface area contributed by atoms with Gasteiger partial charge in [0.2, 0.25) is 11.7 Å². The van der Waals surface area contributed by atoms with Crippen LogP contribution < -0.4 is 10.6 Å². The monoisotopic (exact) mass is 537 g/mol. The Morgan fingerprint density at radius 3 is 2.08 bits per heavy atom. The van der Waals surface area contributed by atoms with E-state index in [2.05, 4.69) is 15.6 Å². The van der Waals surface area contributed by atoms with E-state index in [0.29, 0.717) is 11.3 Å². The zero-order valence-corrected chi connectivity index (χ0v) is 22.0. The highest BCUT2D eigenvalue weighted by Gasteiger charge is 2.43. The fourth-order valence-electron chi connectivity index (χ4n) is 3.96. The van der Waals surface area contributed by atoms with Crippen LogP contribution in [0.25, 0.3) is 0 Å². The van der Waals surface area contributed by atoms with Gasteiger partial charge in [0, 0.05) is 18.3 Å². The third-order valence-corrected chi connectivity index (χ3v) is 6.13. The van der Waals surface area contributed by atoms with Crippen LogP contribution in [0.15, 0.2) is 85.1 Å². The topological polar surface area (TPSA) is 97.4 Å². The highest BCUT2D eigenvalue weighted by Crippen LogP contribution is 2.25. The standard InChI is InChI=1S/C30H33F2N3O4/c1-21(2)26(35-29(38)39-20-23-13-7-4-8-14-23)28(37)34-25(19-22-11-5-3-6-12-22)27(36)30(31,32)17-16-24-15-9-10-18-33-24/h3-15,18,21,25-26H,16-17,19-20H2,1-2H3,(H,34,37)(H,35,38)/t25-,26-/m0/s1. The van der Waals surface area contributed by atoms with Gasteiger partial charge >= 0.3 is 12.0 Å². The van der Waals surface area contributed by atoms with E-state index in [-0.39, 0.29) is 19.4 Å². The summed E-state index contributed by atoms with van der Waals surface area (Å²) in [6.07, 6.45) is -0.318. The Morgan fingerprint density at radius 2 is 1.49 bits per heavy atom. The molecular weight excluding hydrogens is 504 g/mol. The van der Waals surface area contributed by atoms with Crippen LogP contribution in [-0.4, -0.2) is 40.8 Å². The summed E-state index contributed by atoms with van der Waals surface area (Å²) in [5.41, 5.74) is 1.80. The maximum Gasteiger partial charge on any atom is 0.408 e. The molecule has 0 bridgehead atoms. The lowest BCUT2D eigenvalue weighted by Crippen LogP contribution is -2.56. The molecule has 1 heterocycles. The molecule has 0 radical (unpaired) electrons. The molecule has 3 aromatic rings. The van der Waals surface area contributed by atoms with Crippen LogP contribution in [0, 0.1) is 5.92 Å². The average Bonchev–Trinajstić information content (AvgIpc) is 2.94. The molecule has 2 atom stereocenters. The van der Waals surface area contributed by atoms with E-state index < -0.39 is 48.1 Å². The predicted octanol–water partition coefficient (Wildman–Crippen LogP) is 4.90. The van der Waals surface area contributed by atoms with Gasteiger partial charge in [0.15, 0.2) is 0 Å². The van der Waals surface area contributed by atoms with E-state index in [1.54, 1.807) is 86.6 Å². The van der Waals surface area contributed by atoms with Gasteiger partial charge in [0.25, 0.3) is 0 Å². The summed E-state index contributed by atoms with van der Waals surface area (Å²) >= 11 is 0. The van der Waals surface area contributed by atoms with Gasteiger partial charge in [0.1, 0.15) is 12.6 Å². The smallest absolute Gasteiger partial charge is 0.408 e. The number of ether oxygens (including phenoxy) is 1. The molecule has 2 N–H and O–H groups in total. The number of ketones is 1. The first kappa shape index (κ1) is 29.4. The zero-order chi connectivity index (χ0) is 28.3. The van der Waals surface area contributed by atoms with Crippen molar-refractivity contribution in [3.63, 3.8) is 0 Å². The number of alkyl halides is 2. The zero-order valence-electron chi connectivity index (χ0n) is 22.0. The third-order valence-electron chi connectivity index (χ3n) is 6.13. The maximum absolute atomic E-state index is 15.1. The number of hydrogen-bond donors (Lipinski definition) is 2. The Labute approximate surface area is 227 Å². The first-order chi connectivity index (χ1) is 18.7. The number of rotatable bonds is 13. The minimum atomic E-state index is -3.71. The molecule has 2 amide bonds. The van der Waals surface area contributed by atoms with Crippen molar-refractivity contribution in [3.05, 3.63) is 102 Å². The minimum absolute atomic E-state index is 0.00325. The predicted molar refractivity (Wildman–Crippen MR) is 143 cm³/mol. The number of nitrogens with zero attached hydrogens (tertiary/aromatic N) is 1. The van der Waals surface area contributed by atoms with Crippen molar-refractivity contribution in [2.24, 2.45) is 5.92 Å². The number of carbonyl (C=O) groups is 3. The molecule has 0 aliphatic rings. The highest BCUT2D eigenvalue weighted by molar-refractivity contribution is 5.95. The van der Waals surface area contributed by atoms with Crippen molar-refractivity contribution in [3.8, 4) is 0 Å². The Kier molecular flexibility index (Phi) is 10.7. The molecule has 1 aromatic heterocycles. The van der Waals surface area contributed by atoms with Crippen molar-refractivity contribution in [1.82, 2.24) is 15.6 Å². The van der Waals surface area contributed by atoms with Gasteiger partial charge in [-0.2, -0.15) is 8.78 Å². The molecule has 206 valence electrons.